The third kappa shape index (κ3) is 5.89. The van der Waals surface area contributed by atoms with Crippen molar-refractivity contribution in [1.82, 2.24) is 14.8 Å². The van der Waals surface area contributed by atoms with Gasteiger partial charge >= 0.3 is 22.7 Å². The molecule has 0 bridgehead atoms. The van der Waals surface area contributed by atoms with E-state index in [2.05, 4.69) is 14.9 Å². The molecule has 0 amide bonds. The molecular formula is C16H18CoN4O5S. The number of hydrogen-bond acceptors (Lipinski definition) is 6. The molecule has 11 heteroatoms. The zero-order chi connectivity index (χ0) is 19.3. The van der Waals surface area contributed by atoms with E-state index < -0.39 is 16.0 Å². The maximum atomic E-state index is 11.2. The number of nitrogens with zero attached hydrogens (tertiary/aromatic N) is 3. The van der Waals surface area contributed by atoms with Crippen molar-refractivity contribution in [3.63, 3.8) is 0 Å². The van der Waals surface area contributed by atoms with Gasteiger partial charge in [-0.1, -0.05) is 31.1 Å². The number of allylic oxidation sites excluding steroid dienone is 1. The van der Waals surface area contributed by atoms with Crippen molar-refractivity contribution in [3.05, 3.63) is 57.4 Å². The molecule has 147 valence electrons. The fourth-order valence-corrected chi connectivity index (χ4v) is 2.91. The van der Waals surface area contributed by atoms with E-state index in [1.807, 2.05) is 19.1 Å². The zero-order valence-electron chi connectivity index (χ0n) is 14.6. The largest absolute Gasteiger partial charge is 2.00 e. The predicted molar refractivity (Wildman–Crippen MR) is 94.1 cm³/mol. The Kier molecular flexibility index (Phi) is 8.15. The number of carbonyl (C=O) groups excluding carboxylic acids is 1. The van der Waals surface area contributed by atoms with Crippen molar-refractivity contribution < 1.29 is 34.7 Å². The molecule has 1 saturated carbocycles. The first kappa shape index (κ1) is 22.8. The van der Waals surface area contributed by atoms with E-state index in [9.17, 15) is 18.0 Å². The molecule has 0 unspecified atom stereocenters. The Labute approximate surface area is 166 Å². The molecule has 27 heavy (non-hydrogen) atoms. The van der Waals surface area contributed by atoms with Gasteiger partial charge < -0.3 is 19.5 Å². The van der Waals surface area contributed by atoms with Crippen molar-refractivity contribution >= 4 is 22.1 Å². The van der Waals surface area contributed by atoms with Crippen LogP contribution in [0.3, 0.4) is 0 Å². The third-order valence-electron chi connectivity index (χ3n) is 3.50. The Bertz CT molecular complexity index is 977. The van der Waals surface area contributed by atoms with Crippen LogP contribution in [0.25, 0.3) is 11.2 Å². The monoisotopic (exact) mass is 437 g/mol. The minimum Gasteiger partial charge on any atom is -0.560 e. The van der Waals surface area contributed by atoms with Gasteiger partial charge in [0.15, 0.2) is 5.69 Å². The van der Waals surface area contributed by atoms with E-state index in [-0.39, 0.29) is 32.9 Å². The molecule has 0 saturated heterocycles. The maximum absolute atomic E-state index is 11.2. The van der Waals surface area contributed by atoms with Gasteiger partial charge in [-0.3, -0.25) is 9.89 Å². The molecule has 0 spiro atoms. The number of methoxy groups -OCH3 is 1. The number of nitrogens with one attached hydrogen (secondary N) is 1. The summed E-state index contributed by atoms with van der Waals surface area (Å²) < 4.78 is 27.9. The molecule has 2 aromatic rings. The number of ether oxygens (including phenoxy) is 1. The van der Waals surface area contributed by atoms with Crippen molar-refractivity contribution in [2.75, 3.05) is 7.11 Å². The Morgan fingerprint density at radius 2 is 2.00 bits per heavy atom. The van der Waals surface area contributed by atoms with Gasteiger partial charge in [0.1, 0.15) is 0 Å². The SMILES string of the molecule is C/C=C/c1n[n-]c(=O)n1C1CC1.COC(=O)c1ccccc1S([NH-])(=O)=O.[Co+2]. The summed E-state index contributed by atoms with van der Waals surface area (Å²) in [7, 11) is -2.99. The number of esters is 1. The smallest absolute Gasteiger partial charge is 0.560 e. The molecule has 1 heterocycles. The number of benzene rings is 1. The van der Waals surface area contributed by atoms with Crippen molar-refractivity contribution in [1.29, 1.82) is 0 Å². The molecule has 1 aromatic carbocycles. The average Bonchev–Trinajstić information content (AvgIpc) is 3.38. The van der Waals surface area contributed by atoms with Crippen molar-refractivity contribution in [3.8, 4) is 0 Å². The summed E-state index contributed by atoms with van der Waals surface area (Å²) >= 11 is 0. The number of hydrogen-bond donors (Lipinski definition) is 0. The quantitative estimate of drug-likeness (QED) is 0.666. The van der Waals surface area contributed by atoms with Gasteiger partial charge in [0.2, 0.25) is 0 Å². The summed E-state index contributed by atoms with van der Waals surface area (Å²) in [5.41, 5.74) is -0.337. The molecule has 9 nitrogen and oxygen atoms in total. The molecule has 0 aliphatic heterocycles. The molecule has 1 radical (unpaired) electrons. The van der Waals surface area contributed by atoms with E-state index in [4.69, 9.17) is 5.14 Å². The molecule has 0 atom stereocenters. The van der Waals surface area contributed by atoms with Crippen LogP contribution in [0.15, 0.2) is 40.0 Å². The van der Waals surface area contributed by atoms with E-state index in [1.165, 1.54) is 24.3 Å². The van der Waals surface area contributed by atoms with Crippen LogP contribution in [0, 0.1) is 0 Å². The van der Waals surface area contributed by atoms with Crippen LogP contribution < -0.4 is 10.8 Å². The summed E-state index contributed by atoms with van der Waals surface area (Å²) in [6, 6.07) is 5.79. The van der Waals surface area contributed by atoms with Gasteiger partial charge in [-0.25, -0.2) is 13.2 Å². The normalized spacial score (nSPS) is 13.4. The molecule has 1 aliphatic rings. The standard InChI is InChI=1S/C8H11N3O.C8H8NO4S.Co/c1-2-3-7-9-10-8(12)11(7)6-4-5-6;1-13-8(10)6-4-2-3-5-7(6)14(9,11)12;/h2-3,6H,4-5H2,1H3,(H,10,12);2-5H,1H3,(H-,9,11,12);/q;-1;+2/p-1/b3-2+;;. The topological polar surface area (TPSA) is 133 Å². The summed E-state index contributed by atoms with van der Waals surface area (Å²) in [6.07, 6.45) is 5.84. The Hall–Kier alpha value is -2.21. The Morgan fingerprint density at radius 1 is 1.37 bits per heavy atom. The Balaban J connectivity index is 0.000000262. The van der Waals surface area contributed by atoms with Crippen LogP contribution in [0.5, 0.6) is 0 Å². The van der Waals surface area contributed by atoms with Gasteiger partial charge in [-0.05, 0) is 31.2 Å². The van der Waals surface area contributed by atoms with Crippen LogP contribution in [0.1, 0.15) is 42.0 Å². The summed E-state index contributed by atoms with van der Waals surface area (Å²) in [4.78, 5) is 21.9. The second-order valence-electron chi connectivity index (χ2n) is 5.43. The van der Waals surface area contributed by atoms with Crippen molar-refractivity contribution in [2.24, 2.45) is 0 Å². The van der Waals surface area contributed by atoms with Gasteiger partial charge in [0.25, 0.3) is 0 Å². The number of rotatable bonds is 4. The summed E-state index contributed by atoms with van der Waals surface area (Å²) in [6.45, 7) is 1.90. The fraction of sp³-hybridized carbons (Fsp3) is 0.312. The summed E-state index contributed by atoms with van der Waals surface area (Å²) in [5.74, 6) is -0.0820. The molecule has 1 fully saturated rings. The molecule has 1 N–H and O–H groups in total. The molecule has 3 rings (SSSR count). The van der Waals surface area contributed by atoms with E-state index in [0.29, 0.717) is 11.9 Å². The fourth-order valence-electron chi connectivity index (χ4n) is 2.21. The molecule has 1 aromatic heterocycles. The maximum Gasteiger partial charge on any atom is 2.00 e. The summed E-state index contributed by atoms with van der Waals surface area (Å²) in [5, 5.41) is 14.1. The van der Waals surface area contributed by atoms with E-state index >= 15 is 0 Å². The number of sulfonamides is 1. The van der Waals surface area contributed by atoms with Crippen LogP contribution >= 0.6 is 0 Å². The van der Waals surface area contributed by atoms with Crippen LogP contribution in [0.4, 0.5) is 0 Å². The van der Waals surface area contributed by atoms with E-state index in [0.717, 1.165) is 20.0 Å². The second kappa shape index (κ2) is 9.64. The molecule has 1 aliphatic carbocycles. The van der Waals surface area contributed by atoms with Gasteiger partial charge in [0.05, 0.1) is 33.4 Å². The number of carbonyl (C=O) groups is 1. The second-order valence-corrected chi connectivity index (χ2v) is 6.88. The molecular weight excluding hydrogens is 419 g/mol. The minimum absolute atomic E-state index is 0. The van der Waals surface area contributed by atoms with Gasteiger partial charge in [-0.15, -0.1) is 0 Å². The van der Waals surface area contributed by atoms with Crippen LogP contribution in [0.2, 0.25) is 0 Å². The van der Waals surface area contributed by atoms with Gasteiger partial charge in [-0.2, -0.15) is 0 Å². The van der Waals surface area contributed by atoms with Crippen LogP contribution in [-0.2, 0) is 31.5 Å². The minimum atomic E-state index is -4.14. The number of aromatic nitrogens is 3. The van der Waals surface area contributed by atoms with Crippen molar-refractivity contribution in [2.45, 2.75) is 30.7 Å². The first-order chi connectivity index (χ1) is 12.3. The Morgan fingerprint density at radius 3 is 2.52 bits per heavy atom. The van der Waals surface area contributed by atoms with Gasteiger partial charge in [0, 0.05) is 0 Å². The zero-order valence-corrected chi connectivity index (χ0v) is 16.4. The predicted octanol–water partition coefficient (Wildman–Crippen LogP) is 1.78. The van der Waals surface area contributed by atoms with E-state index in [1.54, 1.807) is 4.57 Å². The average molecular weight is 437 g/mol. The first-order valence-corrected chi connectivity index (χ1v) is 9.19. The third-order valence-corrected chi connectivity index (χ3v) is 4.44. The first-order valence-electron chi connectivity index (χ1n) is 7.71. The van der Waals surface area contributed by atoms with Crippen LogP contribution in [-0.4, -0.2) is 31.2 Å².